The van der Waals surface area contributed by atoms with Crippen molar-refractivity contribution in [1.29, 1.82) is 0 Å². The zero-order valence-electron chi connectivity index (χ0n) is 7.90. The summed E-state index contributed by atoms with van der Waals surface area (Å²) in [4.78, 5) is 0. The van der Waals surface area contributed by atoms with E-state index < -0.39 is 0 Å². The van der Waals surface area contributed by atoms with Crippen LogP contribution in [0.1, 0.15) is 0 Å². The molecule has 0 aliphatic heterocycles. The van der Waals surface area contributed by atoms with Gasteiger partial charge in [-0.1, -0.05) is 52.5 Å². The molecule has 0 saturated heterocycles. The molecule has 0 spiro atoms. The van der Waals surface area contributed by atoms with Gasteiger partial charge in [-0.25, -0.2) is 0 Å². The molecule has 2 rings (SSSR count). The first-order valence-electron chi connectivity index (χ1n) is 4.40. The third-order valence-electron chi connectivity index (χ3n) is 2.07. The minimum Gasteiger partial charge on any atom is -0.0843 e. The fourth-order valence-corrected chi connectivity index (χ4v) is 2.12. The third kappa shape index (κ3) is 2.46. The van der Waals surface area contributed by atoms with E-state index in [1.807, 2.05) is 6.07 Å². The zero-order chi connectivity index (χ0) is 11.7. The summed E-state index contributed by atoms with van der Waals surface area (Å²) in [5.41, 5.74) is 1.61. The van der Waals surface area contributed by atoms with Crippen LogP contribution < -0.4 is 0 Å². The van der Waals surface area contributed by atoms with Crippen molar-refractivity contribution >= 4 is 46.4 Å². The van der Waals surface area contributed by atoms with E-state index in [1.54, 1.807) is 24.3 Å². The minimum absolute atomic E-state index is 0.485. The Balaban J connectivity index is 2.54. The Morgan fingerprint density at radius 2 is 1.56 bits per heavy atom. The molecule has 2 aromatic rings. The highest BCUT2D eigenvalue weighted by molar-refractivity contribution is 6.42. The monoisotopic (exact) mass is 289 g/mol. The molecule has 0 nitrogen and oxygen atoms in total. The number of rotatable bonds is 1. The van der Waals surface area contributed by atoms with E-state index >= 15 is 0 Å². The molecular weight excluding hydrogens is 286 g/mol. The van der Waals surface area contributed by atoms with Gasteiger partial charge >= 0.3 is 0 Å². The molecule has 0 aliphatic carbocycles. The second-order valence-corrected chi connectivity index (χ2v) is 4.83. The number of hydrogen-bond acceptors (Lipinski definition) is 0. The summed E-state index contributed by atoms with van der Waals surface area (Å²) in [6, 6.07) is 11.6. The van der Waals surface area contributed by atoms with Gasteiger partial charge in [0.25, 0.3) is 0 Å². The first kappa shape index (κ1) is 12.1. The van der Waals surface area contributed by atoms with Gasteiger partial charge in [0.2, 0.25) is 0 Å². The van der Waals surface area contributed by atoms with Crippen LogP contribution in [-0.4, -0.2) is 0 Å². The maximum absolute atomic E-state index is 6.06. The van der Waals surface area contributed by atoms with Crippen LogP contribution in [0.25, 0.3) is 11.1 Å². The Bertz CT molecular complexity index is 535. The average molecular weight is 291 g/mol. The van der Waals surface area contributed by atoms with Crippen LogP contribution >= 0.6 is 46.4 Å². The SMILES string of the molecule is Clc1c[c]c(-c2ccc(Cl)c(Cl)c2)c(Cl)c1. The molecule has 2 aromatic carbocycles. The van der Waals surface area contributed by atoms with Crippen molar-refractivity contribution in [3.05, 3.63) is 56.5 Å². The van der Waals surface area contributed by atoms with E-state index in [2.05, 4.69) is 6.07 Å². The highest BCUT2D eigenvalue weighted by Crippen LogP contribution is 2.33. The predicted molar refractivity (Wildman–Crippen MR) is 70.8 cm³/mol. The van der Waals surface area contributed by atoms with Crippen molar-refractivity contribution in [1.82, 2.24) is 0 Å². The zero-order valence-corrected chi connectivity index (χ0v) is 10.9. The molecule has 0 bridgehead atoms. The lowest BCUT2D eigenvalue weighted by Crippen LogP contribution is -1.81. The Labute approximate surface area is 114 Å². The summed E-state index contributed by atoms with van der Waals surface area (Å²) in [5.74, 6) is 0. The van der Waals surface area contributed by atoms with Crippen molar-refractivity contribution in [2.24, 2.45) is 0 Å². The molecule has 0 atom stereocenters. The standard InChI is InChI=1S/C12H5Cl4/c13-8-2-3-9(11(15)6-8)7-1-4-10(14)12(16)5-7/h1-2,4-6H. The van der Waals surface area contributed by atoms with E-state index in [0.29, 0.717) is 20.1 Å². The van der Waals surface area contributed by atoms with Crippen LogP contribution in [0.2, 0.25) is 20.1 Å². The quantitative estimate of drug-likeness (QED) is 0.626. The van der Waals surface area contributed by atoms with Gasteiger partial charge in [-0.2, -0.15) is 0 Å². The smallest absolute Gasteiger partial charge is 0.0598 e. The summed E-state index contributed by atoms with van der Waals surface area (Å²) in [6.45, 7) is 0. The lowest BCUT2D eigenvalue weighted by atomic mass is 10.1. The fourth-order valence-electron chi connectivity index (χ4n) is 1.32. The van der Waals surface area contributed by atoms with E-state index in [4.69, 9.17) is 46.4 Å². The van der Waals surface area contributed by atoms with Gasteiger partial charge in [0, 0.05) is 10.6 Å². The molecule has 1 radical (unpaired) electrons. The fraction of sp³-hybridized carbons (Fsp3) is 0. The molecule has 0 aromatic heterocycles. The topological polar surface area (TPSA) is 0 Å². The van der Waals surface area contributed by atoms with Gasteiger partial charge < -0.3 is 0 Å². The number of halogens is 4. The average Bonchev–Trinajstić information content (AvgIpc) is 2.22. The van der Waals surface area contributed by atoms with Crippen LogP contribution in [0, 0.1) is 6.07 Å². The lowest BCUT2D eigenvalue weighted by molar-refractivity contribution is 1.60. The normalized spacial score (nSPS) is 10.5. The predicted octanol–water partition coefficient (Wildman–Crippen LogP) is 5.77. The highest BCUT2D eigenvalue weighted by atomic mass is 35.5. The molecule has 0 amide bonds. The Hall–Kier alpha value is -0.400. The van der Waals surface area contributed by atoms with Gasteiger partial charge in [-0.05, 0) is 35.9 Å². The van der Waals surface area contributed by atoms with Crippen LogP contribution in [-0.2, 0) is 0 Å². The van der Waals surface area contributed by atoms with Gasteiger partial charge in [0.05, 0.1) is 15.1 Å². The summed E-state index contributed by atoms with van der Waals surface area (Å²) < 4.78 is 0. The molecule has 4 heteroatoms. The van der Waals surface area contributed by atoms with E-state index in [-0.39, 0.29) is 0 Å². The number of hydrogen-bond donors (Lipinski definition) is 0. The first-order valence-corrected chi connectivity index (χ1v) is 5.91. The molecule has 0 fully saturated rings. The van der Waals surface area contributed by atoms with Crippen LogP contribution in [0.4, 0.5) is 0 Å². The second-order valence-electron chi connectivity index (χ2n) is 3.17. The van der Waals surface area contributed by atoms with Gasteiger partial charge in [-0.15, -0.1) is 0 Å². The number of benzene rings is 2. The van der Waals surface area contributed by atoms with Gasteiger partial charge in [0.15, 0.2) is 0 Å². The Kier molecular flexibility index (Phi) is 3.66. The van der Waals surface area contributed by atoms with Crippen molar-refractivity contribution in [3.8, 4) is 11.1 Å². The van der Waals surface area contributed by atoms with Crippen molar-refractivity contribution in [3.63, 3.8) is 0 Å². The molecule has 81 valence electrons. The molecule has 0 N–H and O–H groups in total. The lowest BCUT2D eigenvalue weighted by Gasteiger charge is -2.05. The van der Waals surface area contributed by atoms with Crippen molar-refractivity contribution in [2.45, 2.75) is 0 Å². The maximum Gasteiger partial charge on any atom is 0.0598 e. The highest BCUT2D eigenvalue weighted by Gasteiger charge is 2.06. The summed E-state index contributed by atoms with van der Waals surface area (Å²) in [6.07, 6.45) is 0. The molecular formula is C12H5Cl4. The van der Waals surface area contributed by atoms with Crippen LogP contribution in [0.5, 0.6) is 0 Å². The second kappa shape index (κ2) is 4.85. The van der Waals surface area contributed by atoms with Crippen molar-refractivity contribution in [2.75, 3.05) is 0 Å². The van der Waals surface area contributed by atoms with E-state index in [1.165, 1.54) is 0 Å². The van der Waals surface area contributed by atoms with Gasteiger partial charge in [-0.3, -0.25) is 0 Å². The summed E-state index contributed by atoms with van der Waals surface area (Å²) in [7, 11) is 0. The van der Waals surface area contributed by atoms with E-state index in [0.717, 1.165) is 11.1 Å². The van der Waals surface area contributed by atoms with Crippen LogP contribution in [0.3, 0.4) is 0 Å². The molecule has 16 heavy (non-hydrogen) atoms. The summed E-state index contributed by atoms with van der Waals surface area (Å²) in [5, 5.41) is 2.08. The van der Waals surface area contributed by atoms with E-state index in [9.17, 15) is 0 Å². The maximum atomic E-state index is 6.06. The minimum atomic E-state index is 0.485. The largest absolute Gasteiger partial charge is 0.0843 e. The summed E-state index contributed by atoms with van der Waals surface area (Å²) >= 11 is 23.6. The first-order chi connectivity index (χ1) is 7.58. The molecule has 0 unspecified atom stereocenters. The van der Waals surface area contributed by atoms with Crippen LogP contribution in [0.15, 0.2) is 30.3 Å². The Morgan fingerprint density at radius 1 is 0.812 bits per heavy atom. The molecule has 0 aliphatic rings. The molecule has 0 saturated carbocycles. The Morgan fingerprint density at radius 3 is 2.19 bits per heavy atom. The third-order valence-corrected chi connectivity index (χ3v) is 3.32. The van der Waals surface area contributed by atoms with Gasteiger partial charge in [0.1, 0.15) is 0 Å². The van der Waals surface area contributed by atoms with Crippen molar-refractivity contribution < 1.29 is 0 Å². The molecule has 0 heterocycles.